The molecule has 0 aliphatic heterocycles. The third kappa shape index (κ3) is 5.67. The molecule has 0 bridgehead atoms. The van der Waals surface area contributed by atoms with Crippen LogP contribution in [0.25, 0.3) is 0 Å². The first-order chi connectivity index (χ1) is 12.8. The van der Waals surface area contributed by atoms with E-state index < -0.39 is 0 Å². The van der Waals surface area contributed by atoms with Crippen LogP contribution in [0.4, 0.5) is 0 Å². The number of nitrogens with one attached hydrogen (secondary N) is 1. The van der Waals surface area contributed by atoms with E-state index >= 15 is 0 Å². The predicted octanol–water partition coefficient (Wildman–Crippen LogP) is 4.20. The highest BCUT2D eigenvalue weighted by Crippen LogP contribution is 2.10. The van der Waals surface area contributed by atoms with E-state index in [2.05, 4.69) is 69.8 Å². The van der Waals surface area contributed by atoms with Crippen LogP contribution in [-0.4, -0.2) is 21.5 Å². The van der Waals surface area contributed by atoms with E-state index in [-0.39, 0.29) is 0 Å². The normalized spacial score (nSPS) is 10.3. The third-order valence-corrected chi connectivity index (χ3v) is 4.53. The molecule has 0 saturated heterocycles. The molecule has 0 radical (unpaired) electrons. The number of aromatic nitrogens is 1. The summed E-state index contributed by atoms with van der Waals surface area (Å²) in [6, 6.07) is 24.9. The Hall–Kier alpha value is -2.72. The molecule has 0 aliphatic rings. The quantitative estimate of drug-likeness (QED) is 0.639. The number of pyridine rings is 1. The second kappa shape index (κ2) is 9.68. The van der Waals surface area contributed by atoms with Gasteiger partial charge in [-0.1, -0.05) is 66.7 Å². The van der Waals surface area contributed by atoms with Crippen molar-refractivity contribution in [2.45, 2.75) is 19.5 Å². The first-order valence-corrected chi connectivity index (χ1v) is 9.21. The zero-order valence-electron chi connectivity index (χ0n) is 14.7. The van der Waals surface area contributed by atoms with Gasteiger partial charge in [0, 0.05) is 32.0 Å². The van der Waals surface area contributed by atoms with Crippen molar-refractivity contribution in [3.63, 3.8) is 0 Å². The standard InChI is InChI=1S/C22H23N3S/c26-22(24-15-13-19-8-3-1-4-9-19)25(17-20-10-5-2-6-11-20)18-21-12-7-14-23-16-21/h1-12,14,16H,13,15,17-18H2,(H,24,26). The van der Waals surface area contributed by atoms with Gasteiger partial charge in [-0.25, -0.2) is 0 Å². The van der Waals surface area contributed by atoms with Crippen molar-refractivity contribution in [2.75, 3.05) is 6.54 Å². The summed E-state index contributed by atoms with van der Waals surface area (Å²) in [5.74, 6) is 0. The number of benzene rings is 2. The molecule has 0 unspecified atom stereocenters. The molecule has 4 heteroatoms. The van der Waals surface area contributed by atoms with E-state index in [1.54, 1.807) is 6.20 Å². The summed E-state index contributed by atoms with van der Waals surface area (Å²) < 4.78 is 0. The number of nitrogens with zero attached hydrogens (tertiary/aromatic N) is 2. The lowest BCUT2D eigenvalue weighted by Crippen LogP contribution is -2.39. The Morgan fingerprint density at radius 2 is 1.42 bits per heavy atom. The van der Waals surface area contributed by atoms with Crippen LogP contribution in [0.1, 0.15) is 16.7 Å². The summed E-state index contributed by atoms with van der Waals surface area (Å²) in [5, 5.41) is 4.18. The van der Waals surface area contributed by atoms with Crippen LogP contribution in [0.15, 0.2) is 85.2 Å². The maximum Gasteiger partial charge on any atom is 0.169 e. The Balaban J connectivity index is 1.62. The highest BCUT2D eigenvalue weighted by molar-refractivity contribution is 7.80. The summed E-state index contributed by atoms with van der Waals surface area (Å²) >= 11 is 5.68. The molecule has 3 rings (SSSR count). The van der Waals surface area contributed by atoms with Crippen molar-refractivity contribution in [1.82, 2.24) is 15.2 Å². The minimum Gasteiger partial charge on any atom is -0.362 e. The maximum atomic E-state index is 5.68. The molecular weight excluding hydrogens is 338 g/mol. The Bertz CT molecular complexity index is 750. The van der Waals surface area contributed by atoms with Crippen molar-refractivity contribution in [2.24, 2.45) is 0 Å². The molecule has 0 amide bonds. The monoisotopic (exact) mass is 361 g/mol. The van der Waals surface area contributed by atoms with Gasteiger partial charge in [-0.2, -0.15) is 0 Å². The van der Waals surface area contributed by atoms with Crippen molar-refractivity contribution in [1.29, 1.82) is 0 Å². The van der Waals surface area contributed by atoms with Crippen LogP contribution in [0.2, 0.25) is 0 Å². The summed E-state index contributed by atoms with van der Waals surface area (Å²) in [6.07, 6.45) is 4.64. The highest BCUT2D eigenvalue weighted by atomic mass is 32.1. The fourth-order valence-electron chi connectivity index (χ4n) is 2.79. The summed E-state index contributed by atoms with van der Waals surface area (Å²) in [5.41, 5.74) is 3.70. The molecule has 1 heterocycles. The molecule has 2 aromatic carbocycles. The molecule has 3 aromatic rings. The summed E-state index contributed by atoms with van der Waals surface area (Å²) in [6.45, 7) is 2.33. The zero-order chi connectivity index (χ0) is 18.0. The first kappa shape index (κ1) is 18.1. The van der Waals surface area contributed by atoms with Gasteiger partial charge >= 0.3 is 0 Å². The van der Waals surface area contributed by atoms with Gasteiger partial charge in [0.15, 0.2) is 5.11 Å². The van der Waals surface area contributed by atoms with Crippen molar-refractivity contribution in [3.05, 3.63) is 102 Å². The molecular formula is C22H23N3S. The van der Waals surface area contributed by atoms with Gasteiger partial charge < -0.3 is 10.2 Å². The fourth-order valence-corrected chi connectivity index (χ4v) is 3.02. The number of thiocarbonyl (C=S) groups is 1. The van der Waals surface area contributed by atoms with E-state index in [1.165, 1.54) is 11.1 Å². The third-order valence-electron chi connectivity index (χ3n) is 4.13. The summed E-state index contributed by atoms with van der Waals surface area (Å²) in [4.78, 5) is 6.40. The molecule has 26 heavy (non-hydrogen) atoms. The van der Waals surface area contributed by atoms with Gasteiger partial charge in [0.1, 0.15) is 0 Å². The second-order valence-corrected chi connectivity index (χ2v) is 6.56. The van der Waals surface area contributed by atoms with Crippen molar-refractivity contribution >= 4 is 17.3 Å². The van der Waals surface area contributed by atoms with Crippen molar-refractivity contribution < 1.29 is 0 Å². The molecule has 1 aromatic heterocycles. The average Bonchev–Trinajstić information content (AvgIpc) is 2.70. The molecule has 0 spiro atoms. The lowest BCUT2D eigenvalue weighted by molar-refractivity contribution is 0.399. The van der Waals surface area contributed by atoms with Gasteiger partial charge in [0.25, 0.3) is 0 Å². The molecule has 1 N–H and O–H groups in total. The number of rotatable bonds is 7. The Labute approximate surface area is 160 Å². The van der Waals surface area contributed by atoms with E-state index in [0.717, 1.165) is 36.7 Å². The van der Waals surface area contributed by atoms with E-state index in [9.17, 15) is 0 Å². The number of hydrogen-bond acceptors (Lipinski definition) is 2. The van der Waals surface area contributed by atoms with Gasteiger partial charge in [0.05, 0.1) is 0 Å². The Morgan fingerprint density at radius 1 is 0.808 bits per heavy atom. The first-order valence-electron chi connectivity index (χ1n) is 8.81. The van der Waals surface area contributed by atoms with E-state index in [0.29, 0.717) is 0 Å². The molecule has 0 atom stereocenters. The van der Waals surface area contributed by atoms with Gasteiger partial charge in [0.2, 0.25) is 0 Å². The van der Waals surface area contributed by atoms with E-state index in [4.69, 9.17) is 12.2 Å². The SMILES string of the molecule is S=C(NCCc1ccccc1)N(Cc1ccccc1)Cc1cccnc1. The van der Waals surface area contributed by atoms with Gasteiger partial charge in [-0.05, 0) is 41.4 Å². The van der Waals surface area contributed by atoms with Gasteiger partial charge in [-0.3, -0.25) is 4.98 Å². The second-order valence-electron chi connectivity index (χ2n) is 6.17. The van der Waals surface area contributed by atoms with Crippen molar-refractivity contribution in [3.8, 4) is 0 Å². The van der Waals surface area contributed by atoms with Crippen LogP contribution in [-0.2, 0) is 19.5 Å². The molecule has 0 aliphatic carbocycles. The Kier molecular flexibility index (Phi) is 6.73. The van der Waals surface area contributed by atoms with Crippen LogP contribution >= 0.6 is 12.2 Å². The number of hydrogen-bond donors (Lipinski definition) is 1. The van der Waals surface area contributed by atoms with E-state index in [1.807, 2.05) is 24.4 Å². The summed E-state index contributed by atoms with van der Waals surface area (Å²) in [7, 11) is 0. The van der Waals surface area contributed by atoms with Gasteiger partial charge in [-0.15, -0.1) is 0 Å². The maximum absolute atomic E-state index is 5.68. The van der Waals surface area contributed by atoms with Crippen LogP contribution < -0.4 is 5.32 Å². The molecule has 0 fully saturated rings. The largest absolute Gasteiger partial charge is 0.362 e. The smallest absolute Gasteiger partial charge is 0.169 e. The minimum atomic E-state index is 0.736. The average molecular weight is 362 g/mol. The topological polar surface area (TPSA) is 28.2 Å². The predicted molar refractivity (Wildman–Crippen MR) is 111 cm³/mol. The van der Waals surface area contributed by atoms with Crippen LogP contribution in [0.5, 0.6) is 0 Å². The lowest BCUT2D eigenvalue weighted by atomic mass is 10.1. The Morgan fingerprint density at radius 3 is 2.08 bits per heavy atom. The fraction of sp³-hybridized carbons (Fsp3) is 0.182. The molecule has 0 saturated carbocycles. The van der Waals surface area contributed by atoms with Crippen LogP contribution in [0.3, 0.4) is 0 Å². The van der Waals surface area contributed by atoms with Crippen LogP contribution in [0, 0.1) is 0 Å². The molecule has 3 nitrogen and oxygen atoms in total. The minimum absolute atomic E-state index is 0.736. The zero-order valence-corrected chi connectivity index (χ0v) is 15.5. The lowest BCUT2D eigenvalue weighted by Gasteiger charge is -2.26. The molecule has 132 valence electrons. The highest BCUT2D eigenvalue weighted by Gasteiger charge is 2.11.